The molecule has 1 aliphatic rings. The van der Waals surface area contributed by atoms with Gasteiger partial charge in [0, 0.05) is 10.7 Å². The van der Waals surface area contributed by atoms with E-state index in [-0.39, 0.29) is 0 Å². The van der Waals surface area contributed by atoms with Gasteiger partial charge in [0.1, 0.15) is 5.60 Å². The molecule has 3 heteroatoms. The summed E-state index contributed by atoms with van der Waals surface area (Å²) in [5.74, 6) is 0.397. The van der Waals surface area contributed by atoms with Crippen LogP contribution in [0.4, 0.5) is 0 Å². The third-order valence-electron chi connectivity index (χ3n) is 2.61. The Labute approximate surface area is 86.1 Å². The number of hydrogen-bond acceptors (Lipinski definition) is 2. The lowest BCUT2D eigenvalue weighted by molar-refractivity contribution is 0.0286. The van der Waals surface area contributed by atoms with Gasteiger partial charge in [-0.1, -0.05) is 15.9 Å². The molecule has 1 heterocycles. The summed E-state index contributed by atoms with van der Waals surface area (Å²) < 4.78 is 0.971. The van der Waals surface area contributed by atoms with Gasteiger partial charge in [0.2, 0.25) is 0 Å². The van der Waals surface area contributed by atoms with Crippen molar-refractivity contribution >= 4 is 15.9 Å². The maximum Gasteiger partial charge on any atom is 0.107 e. The Morgan fingerprint density at radius 2 is 2.31 bits per heavy atom. The van der Waals surface area contributed by atoms with Crippen LogP contribution in [0.5, 0.6) is 0 Å². The number of aromatic nitrogens is 1. The first kappa shape index (κ1) is 9.16. The summed E-state index contributed by atoms with van der Waals surface area (Å²) in [5, 5.41) is 10.2. The number of halogens is 1. The van der Waals surface area contributed by atoms with E-state index in [2.05, 4.69) is 20.9 Å². The quantitative estimate of drug-likeness (QED) is 0.864. The second-order valence-electron chi connectivity index (χ2n) is 3.78. The minimum atomic E-state index is -0.746. The zero-order valence-corrected chi connectivity index (χ0v) is 9.08. The molecule has 1 fully saturated rings. The highest BCUT2D eigenvalue weighted by atomic mass is 79.9. The second-order valence-corrected chi connectivity index (χ2v) is 4.70. The number of hydrogen-bond donors (Lipinski definition) is 1. The Hall–Kier alpha value is -0.410. The fourth-order valence-corrected chi connectivity index (χ4v) is 1.87. The van der Waals surface area contributed by atoms with E-state index < -0.39 is 5.60 Å². The van der Waals surface area contributed by atoms with Crippen LogP contribution in [0.2, 0.25) is 0 Å². The van der Waals surface area contributed by atoms with Gasteiger partial charge in [-0.2, -0.15) is 0 Å². The first-order valence-corrected chi connectivity index (χ1v) is 5.24. The van der Waals surface area contributed by atoms with Crippen LogP contribution in [0.3, 0.4) is 0 Å². The monoisotopic (exact) mass is 241 g/mol. The van der Waals surface area contributed by atoms with Gasteiger partial charge in [0.05, 0.1) is 5.69 Å². The average Bonchev–Trinajstić information content (AvgIpc) is 2.86. The normalized spacial score (nSPS) is 21.2. The summed E-state index contributed by atoms with van der Waals surface area (Å²) in [7, 11) is 0. The fourth-order valence-electron chi connectivity index (χ4n) is 1.54. The predicted molar refractivity (Wildman–Crippen MR) is 54.2 cm³/mol. The van der Waals surface area contributed by atoms with Gasteiger partial charge in [-0.15, -0.1) is 0 Å². The largest absolute Gasteiger partial charge is 0.384 e. The molecule has 0 bridgehead atoms. The number of aliphatic hydroxyl groups is 1. The van der Waals surface area contributed by atoms with Crippen molar-refractivity contribution < 1.29 is 5.11 Å². The van der Waals surface area contributed by atoms with Crippen LogP contribution in [0.25, 0.3) is 0 Å². The third kappa shape index (κ3) is 1.76. The Bertz CT molecular complexity index is 320. The summed E-state index contributed by atoms with van der Waals surface area (Å²) in [6.45, 7) is 1.85. The molecule has 2 rings (SSSR count). The highest BCUT2D eigenvalue weighted by molar-refractivity contribution is 9.10. The number of pyridine rings is 1. The lowest BCUT2D eigenvalue weighted by atomic mass is 9.96. The molecule has 0 amide bonds. The van der Waals surface area contributed by atoms with E-state index in [1.54, 1.807) is 6.20 Å². The zero-order chi connectivity index (χ0) is 9.47. The van der Waals surface area contributed by atoms with E-state index >= 15 is 0 Å². The van der Waals surface area contributed by atoms with Crippen LogP contribution in [0, 0.1) is 5.92 Å². The van der Waals surface area contributed by atoms with Crippen LogP contribution < -0.4 is 0 Å². The van der Waals surface area contributed by atoms with E-state index in [0.717, 1.165) is 23.0 Å². The molecule has 1 unspecified atom stereocenters. The van der Waals surface area contributed by atoms with Gasteiger partial charge in [0.15, 0.2) is 0 Å². The first-order valence-electron chi connectivity index (χ1n) is 4.45. The summed E-state index contributed by atoms with van der Waals surface area (Å²) in [6, 6.07) is 3.75. The van der Waals surface area contributed by atoms with Gasteiger partial charge >= 0.3 is 0 Å². The average molecular weight is 242 g/mol. The molecule has 1 aromatic heterocycles. The van der Waals surface area contributed by atoms with Gasteiger partial charge < -0.3 is 5.11 Å². The maximum atomic E-state index is 10.2. The van der Waals surface area contributed by atoms with Crippen molar-refractivity contribution in [2.24, 2.45) is 5.92 Å². The summed E-state index contributed by atoms with van der Waals surface area (Å²) in [6.07, 6.45) is 3.94. The molecule has 13 heavy (non-hydrogen) atoms. The molecular formula is C10H12BrNO. The molecule has 1 saturated carbocycles. The van der Waals surface area contributed by atoms with Crippen LogP contribution >= 0.6 is 15.9 Å². The van der Waals surface area contributed by atoms with Crippen LogP contribution in [0.1, 0.15) is 25.5 Å². The van der Waals surface area contributed by atoms with Crippen molar-refractivity contribution in [1.29, 1.82) is 0 Å². The van der Waals surface area contributed by atoms with Crippen LogP contribution in [-0.2, 0) is 5.60 Å². The summed E-state index contributed by atoms with van der Waals surface area (Å²) >= 11 is 3.37. The summed E-state index contributed by atoms with van der Waals surface area (Å²) in [5.41, 5.74) is 0.0217. The van der Waals surface area contributed by atoms with Gasteiger partial charge in [-0.25, -0.2) is 0 Å². The van der Waals surface area contributed by atoms with E-state index in [9.17, 15) is 5.11 Å². The van der Waals surface area contributed by atoms with Crippen molar-refractivity contribution in [3.63, 3.8) is 0 Å². The molecule has 0 spiro atoms. The van der Waals surface area contributed by atoms with Gasteiger partial charge in [0.25, 0.3) is 0 Å². The molecular weight excluding hydrogens is 230 g/mol. The highest BCUT2D eigenvalue weighted by Crippen LogP contribution is 2.44. The second kappa shape index (κ2) is 3.07. The Balaban J connectivity index is 2.33. The van der Waals surface area contributed by atoms with E-state index in [4.69, 9.17) is 0 Å². The van der Waals surface area contributed by atoms with Crippen LogP contribution in [0.15, 0.2) is 22.8 Å². The van der Waals surface area contributed by atoms with E-state index in [0.29, 0.717) is 5.92 Å². The van der Waals surface area contributed by atoms with Gasteiger partial charge in [-0.3, -0.25) is 4.98 Å². The lowest BCUT2D eigenvalue weighted by Crippen LogP contribution is -2.25. The standard InChI is InChI=1S/C10H12BrNO/c1-10(13,7-2-3-7)9-6-8(11)4-5-12-9/h4-7,13H,2-3H2,1H3. The minimum absolute atomic E-state index is 0.397. The summed E-state index contributed by atoms with van der Waals surface area (Å²) in [4.78, 5) is 4.19. The van der Waals surface area contributed by atoms with Gasteiger partial charge in [-0.05, 0) is 37.8 Å². The first-order chi connectivity index (χ1) is 6.10. The number of rotatable bonds is 2. The highest BCUT2D eigenvalue weighted by Gasteiger charge is 2.42. The molecule has 0 radical (unpaired) electrons. The molecule has 2 nitrogen and oxygen atoms in total. The zero-order valence-electron chi connectivity index (χ0n) is 7.50. The Kier molecular flexibility index (Phi) is 2.16. The molecule has 1 aliphatic carbocycles. The smallest absolute Gasteiger partial charge is 0.107 e. The van der Waals surface area contributed by atoms with E-state index in [1.807, 2.05) is 19.1 Å². The molecule has 70 valence electrons. The third-order valence-corrected chi connectivity index (χ3v) is 3.11. The molecule has 0 aromatic carbocycles. The predicted octanol–water partition coefficient (Wildman–Crippen LogP) is 2.46. The SMILES string of the molecule is CC(O)(c1cc(Br)ccn1)C1CC1. The van der Waals surface area contributed by atoms with Crippen molar-refractivity contribution in [3.05, 3.63) is 28.5 Å². The van der Waals surface area contributed by atoms with Crippen molar-refractivity contribution in [3.8, 4) is 0 Å². The van der Waals surface area contributed by atoms with Crippen molar-refractivity contribution in [2.75, 3.05) is 0 Å². The van der Waals surface area contributed by atoms with E-state index in [1.165, 1.54) is 0 Å². The number of nitrogens with zero attached hydrogens (tertiary/aromatic N) is 1. The lowest BCUT2D eigenvalue weighted by Gasteiger charge is -2.22. The topological polar surface area (TPSA) is 33.1 Å². The maximum absolute atomic E-state index is 10.2. The molecule has 1 atom stereocenters. The molecule has 0 saturated heterocycles. The Morgan fingerprint density at radius 3 is 2.85 bits per heavy atom. The molecule has 1 N–H and O–H groups in total. The Morgan fingerprint density at radius 1 is 1.62 bits per heavy atom. The van der Waals surface area contributed by atoms with Crippen LogP contribution in [-0.4, -0.2) is 10.1 Å². The van der Waals surface area contributed by atoms with Crippen molar-refractivity contribution in [1.82, 2.24) is 4.98 Å². The minimum Gasteiger partial charge on any atom is -0.384 e. The molecule has 0 aliphatic heterocycles. The molecule has 1 aromatic rings. The van der Waals surface area contributed by atoms with Crippen molar-refractivity contribution in [2.45, 2.75) is 25.4 Å². The fraction of sp³-hybridized carbons (Fsp3) is 0.500.